The van der Waals surface area contributed by atoms with Crippen molar-refractivity contribution < 1.29 is 57.3 Å². The van der Waals surface area contributed by atoms with Crippen molar-refractivity contribution in [2.75, 3.05) is 18.1 Å². The van der Waals surface area contributed by atoms with Crippen molar-refractivity contribution in [3.05, 3.63) is 144 Å². The molecule has 4 rings (SSSR count). The molecule has 5 N–H and O–H groups in total. The summed E-state index contributed by atoms with van der Waals surface area (Å²) >= 11 is 1.01. The fourth-order valence-electron chi connectivity index (χ4n) is 5.75. The third kappa shape index (κ3) is 19.8. The van der Waals surface area contributed by atoms with Crippen LogP contribution in [0.25, 0.3) is 0 Å². The predicted molar refractivity (Wildman–Crippen MR) is 239 cm³/mol. The molecule has 0 aliphatic heterocycles. The highest BCUT2D eigenvalue weighted by Gasteiger charge is 2.29. The molecule has 4 aromatic carbocycles. The van der Waals surface area contributed by atoms with Crippen molar-refractivity contribution in [1.82, 2.24) is 26.6 Å². The van der Waals surface area contributed by atoms with Crippen LogP contribution >= 0.6 is 11.8 Å². The lowest BCUT2D eigenvalue weighted by Crippen LogP contribution is -2.51. The molecule has 65 heavy (non-hydrogen) atoms. The van der Waals surface area contributed by atoms with Gasteiger partial charge in [0.15, 0.2) is 0 Å². The maximum atomic E-state index is 13.6. The number of hydrogen-bond donors (Lipinski definition) is 5. The number of carbonyl (C=O) groups is 8. The number of esters is 3. The second-order valence-corrected chi connectivity index (χ2v) is 15.6. The lowest BCUT2D eigenvalue weighted by Gasteiger charge is -2.22. The zero-order chi connectivity index (χ0) is 46.8. The van der Waals surface area contributed by atoms with E-state index in [9.17, 15) is 38.4 Å². The van der Waals surface area contributed by atoms with Crippen LogP contribution in [0.5, 0.6) is 0 Å². The van der Waals surface area contributed by atoms with Gasteiger partial charge in [-0.15, -0.1) is 0 Å². The zero-order valence-electron chi connectivity index (χ0n) is 36.0. The van der Waals surface area contributed by atoms with Gasteiger partial charge in [0.1, 0.15) is 57.1 Å². The molecule has 0 aliphatic carbocycles. The van der Waals surface area contributed by atoms with E-state index in [-0.39, 0.29) is 44.4 Å². The molecule has 0 unspecified atom stereocenters. The smallest absolute Gasteiger partial charge is 0.408 e. The van der Waals surface area contributed by atoms with Gasteiger partial charge >= 0.3 is 24.0 Å². The van der Waals surface area contributed by atoms with E-state index in [0.717, 1.165) is 17.3 Å². The highest BCUT2D eigenvalue weighted by molar-refractivity contribution is 7.99. The Bertz CT molecular complexity index is 2170. The van der Waals surface area contributed by atoms with Gasteiger partial charge in [-0.1, -0.05) is 121 Å². The van der Waals surface area contributed by atoms with Gasteiger partial charge in [0.2, 0.25) is 23.6 Å². The lowest BCUT2D eigenvalue weighted by molar-refractivity contribution is -0.149. The lowest BCUT2D eigenvalue weighted by atomic mass is 10.1. The van der Waals surface area contributed by atoms with Crippen LogP contribution in [0.3, 0.4) is 0 Å². The molecule has 0 saturated carbocycles. The summed E-state index contributed by atoms with van der Waals surface area (Å²) < 4.78 is 21.6. The summed E-state index contributed by atoms with van der Waals surface area (Å²) in [5.41, 5.74) is 2.82. The minimum atomic E-state index is -1.33. The summed E-state index contributed by atoms with van der Waals surface area (Å²) in [7, 11) is 0. The Balaban J connectivity index is 1.44. The Labute approximate surface area is 381 Å². The fourth-order valence-corrected chi connectivity index (χ4v) is 6.81. The SMILES string of the molecule is CC(=O)N[C@@H](C)C(=O)N[C@H](CCC(=O)N[C@H](CSC[C@H](NC(=O)OCc1ccccc1)C(=O)OCc1ccccc1)C(=O)NCC(=O)OCc1ccccc1)C(=O)OCc1ccccc1. The second kappa shape index (κ2) is 27.8. The van der Waals surface area contributed by atoms with Gasteiger partial charge < -0.3 is 45.5 Å². The normalized spacial score (nSPS) is 12.4. The van der Waals surface area contributed by atoms with Crippen LogP contribution in [-0.2, 0) is 78.9 Å². The summed E-state index contributed by atoms with van der Waals surface area (Å²) in [6.07, 6.45) is -1.56. The molecule has 18 heteroatoms. The van der Waals surface area contributed by atoms with Gasteiger partial charge in [-0.05, 0) is 35.6 Å². The van der Waals surface area contributed by atoms with E-state index in [1.54, 1.807) is 103 Å². The molecule has 0 saturated heterocycles. The molecule has 5 amide bonds. The van der Waals surface area contributed by atoms with Crippen LogP contribution in [0.15, 0.2) is 121 Å². The molecule has 344 valence electrons. The highest BCUT2D eigenvalue weighted by Crippen LogP contribution is 2.12. The van der Waals surface area contributed by atoms with E-state index < -0.39 is 84.8 Å². The first-order chi connectivity index (χ1) is 31.4. The highest BCUT2D eigenvalue weighted by atomic mass is 32.2. The summed E-state index contributed by atoms with van der Waals surface area (Å²) in [5, 5.41) is 12.6. The second-order valence-electron chi connectivity index (χ2n) is 14.5. The largest absolute Gasteiger partial charge is 0.460 e. The van der Waals surface area contributed by atoms with Crippen LogP contribution in [0.1, 0.15) is 48.9 Å². The van der Waals surface area contributed by atoms with Gasteiger partial charge in [0.05, 0.1) is 0 Å². The van der Waals surface area contributed by atoms with Crippen LogP contribution in [0, 0.1) is 0 Å². The number of benzene rings is 4. The molecule has 0 radical (unpaired) electrons. The molecule has 17 nitrogen and oxygen atoms in total. The van der Waals surface area contributed by atoms with Crippen LogP contribution in [-0.4, -0.2) is 89.8 Å². The number of amides is 5. The average Bonchev–Trinajstić information content (AvgIpc) is 3.31. The molecule has 0 heterocycles. The van der Waals surface area contributed by atoms with Crippen molar-refractivity contribution >= 4 is 59.4 Å². The topological polar surface area (TPSA) is 234 Å². The van der Waals surface area contributed by atoms with Crippen LogP contribution < -0.4 is 26.6 Å². The van der Waals surface area contributed by atoms with Gasteiger partial charge in [-0.2, -0.15) is 11.8 Å². The number of ether oxygens (including phenoxy) is 4. The molecular weight excluding hydrogens is 859 g/mol. The monoisotopic (exact) mass is 911 g/mol. The Kier molecular flexibility index (Phi) is 21.5. The van der Waals surface area contributed by atoms with Crippen molar-refractivity contribution in [3.63, 3.8) is 0 Å². The van der Waals surface area contributed by atoms with Gasteiger partial charge in [0.25, 0.3) is 0 Å². The van der Waals surface area contributed by atoms with Gasteiger partial charge in [-0.25, -0.2) is 14.4 Å². The first-order valence-corrected chi connectivity index (χ1v) is 21.8. The van der Waals surface area contributed by atoms with E-state index in [0.29, 0.717) is 16.7 Å². The van der Waals surface area contributed by atoms with E-state index in [1.807, 2.05) is 18.2 Å². The Morgan fingerprint density at radius 3 is 1.45 bits per heavy atom. The third-order valence-corrected chi connectivity index (χ3v) is 10.3. The maximum Gasteiger partial charge on any atom is 0.408 e. The van der Waals surface area contributed by atoms with Gasteiger partial charge in [0, 0.05) is 24.9 Å². The quantitative estimate of drug-likeness (QED) is 0.0473. The molecule has 4 atom stereocenters. The number of alkyl carbamates (subject to hydrolysis) is 1. The fraction of sp³-hybridized carbons (Fsp3) is 0.319. The third-order valence-electron chi connectivity index (χ3n) is 9.18. The molecule has 0 aliphatic rings. The number of thioether (sulfide) groups is 1. The minimum Gasteiger partial charge on any atom is -0.460 e. The first-order valence-electron chi connectivity index (χ1n) is 20.7. The standard InChI is InChI=1S/C47H53N5O12S/c1-32(49-33(2)53)43(56)51-38(45(58)62-27-35-17-9-4-10-18-35)23-24-41(54)50-39(44(57)48-25-42(55)61-26-34-15-7-3-8-16-34)30-65-31-40(46(59)63-28-36-19-11-5-12-20-36)52-47(60)64-29-37-21-13-6-14-22-37/h3-22,32,38-40H,23-31H2,1-2H3,(H,48,57)(H,49,53)(H,50,54)(H,51,56)(H,52,60)/t32-,38+,39+,40-/m0/s1. The summed E-state index contributed by atoms with van der Waals surface area (Å²) in [6.45, 7) is 1.79. The Hall–Kier alpha value is -7.21. The molecule has 0 bridgehead atoms. The minimum absolute atomic E-state index is 0.0385. The number of nitrogens with one attached hydrogen (secondary N) is 5. The summed E-state index contributed by atoms with van der Waals surface area (Å²) in [5.74, 6) is -5.37. The molecular formula is C47H53N5O12S. The molecule has 0 spiro atoms. The van der Waals surface area contributed by atoms with Crippen molar-refractivity contribution in [1.29, 1.82) is 0 Å². The van der Waals surface area contributed by atoms with Crippen molar-refractivity contribution in [2.45, 2.75) is 77.3 Å². The van der Waals surface area contributed by atoms with E-state index >= 15 is 0 Å². The first kappa shape index (κ1) is 50.4. The Morgan fingerprint density at radius 1 is 0.508 bits per heavy atom. The molecule has 0 aromatic heterocycles. The van der Waals surface area contributed by atoms with Crippen LogP contribution in [0.4, 0.5) is 4.79 Å². The maximum absolute atomic E-state index is 13.6. The van der Waals surface area contributed by atoms with Gasteiger partial charge in [-0.3, -0.25) is 24.0 Å². The zero-order valence-corrected chi connectivity index (χ0v) is 36.8. The average molecular weight is 912 g/mol. The van der Waals surface area contributed by atoms with Crippen LogP contribution in [0.2, 0.25) is 0 Å². The summed E-state index contributed by atoms with van der Waals surface area (Å²) in [4.78, 5) is 104. The number of rotatable bonds is 25. The number of carbonyl (C=O) groups excluding carboxylic acids is 8. The summed E-state index contributed by atoms with van der Waals surface area (Å²) in [6, 6.07) is 30.6. The predicted octanol–water partition coefficient (Wildman–Crippen LogP) is 3.64. The molecule has 4 aromatic rings. The van der Waals surface area contributed by atoms with Crippen molar-refractivity contribution in [2.24, 2.45) is 0 Å². The van der Waals surface area contributed by atoms with E-state index in [4.69, 9.17) is 18.9 Å². The molecule has 0 fully saturated rings. The number of hydrogen-bond acceptors (Lipinski definition) is 13. The van der Waals surface area contributed by atoms with E-state index in [1.165, 1.54) is 13.8 Å². The van der Waals surface area contributed by atoms with Crippen molar-refractivity contribution in [3.8, 4) is 0 Å². The van der Waals surface area contributed by atoms with E-state index in [2.05, 4.69) is 26.6 Å². The Morgan fingerprint density at radius 2 is 0.954 bits per heavy atom.